The molecule has 1 aromatic heterocycles. The van der Waals surface area contributed by atoms with E-state index < -0.39 is 0 Å². The number of aryl methyl sites for hydroxylation is 1. The Hall–Kier alpha value is -2.63. The van der Waals surface area contributed by atoms with E-state index in [0.717, 1.165) is 5.56 Å². The first-order valence-corrected chi connectivity index (χ1v) is 8.58. The van der Waals surface area contributed by atoms with Gasteiger partial charge in [0.1, 0.15) is 12.4 Å². The van der Waals surface area contributed by atoms with Crippen LogP contribution in [-0.2, 0) is 4.74 Å². The van der Waals surface area contributed by atoms with Crippen molar-refractivity contribution >= 4 is 17.9 Å². The summed E-state index contributed by atoms with van der Waals surface area (Å²) in [4.78, 5) is 22.5. The second kappa shape index (κ2) is 7.09. The van der Waals surface area contributed by atoms with Gasteiger partial charge in [0.2, 0.25) is 5.95 Å². The van der Waals surface area contributed by atoms with Crippen molar-refractivity contribution in [2.45, 2.75) is 39.8 Å². The summed E-state index contributed by atoms with van der Waals surface area (Å²) < 4.78 is 5.20. The molecule has 2 heterocycles. The molecule has 0 spiro atoms. The zero-order valence-electron chi connectivity index (χ0n) is 15.1. The summed E-state index contributed by atoms with van der Waals surface area (Å²) in [6.07, 6.45) is 1.31. The number of ether oxygens (including phenoxy) is 1. The van der Waals surface area contributed by atoms with Gasteiger partial charge in [-0.3, -0.25) is 4.90 Å². The predicted octanol–water partition coefficient (Wildman–Crippen LogP) is 3.94. The first-order valence-electron chi connectivity index (χ1n) is 8.58. The van der Waals surface area contributed by atoms with Gasteiger partial charge < -0.3 is 10.1 Å². The normalized spacial score (nSPS) is 18.4. The average molecular weight is 340 g/mol. The molecule has 0 bridgehead atoms. The predicted molar refractivity (Wildman–Crippen MR) is 97.7 cm³/mol. The molecule has 0 radical (unpaired) electrons. The molecule has 0 unspecified atom stereocenters. The second-order valence-corrected chi connectivity index (χ2v) is 6.77. The maximum absolute atomic E-state index is 12.1. The topological polar surface area (TPSA) is 67.4 Å². The molecule has 2 aromatic rings. The Morgan fingerprint density at radius 3 is 2.60 bits per heavy atom. The number of amides is 1. The number of cyclic esters (lactones) is 1. The third-order valence-corrected chi connectivity index (χ3v) is 4.49. The summed E-state index contributed by atoms with van der Waals surface area (Å²) in [6.45, 7) is 8.65. The first-order chi connectivity index (χ1) is 12.0. The zero-order valence-corrected chi connectivity index (χ0v) is 15.1. The highest BCUT2D eigenvalue weighted by Gasteiger charge is 2.37. The van der Waals surface area contributed by atoms with Crippen molar-refractivity contribution < 1.29 is 9.53 Å². The summed E-state index contributed by atoms with van der Waals surface area (Å²) in [5.74, 6) is 1.34. The van der Waals surface area contributed by atoms with Crippen molar-refractivity contribution in [3.63, 3.8) is 0 Å². The fraction of sp³-hybridized carbons (Fsp3) is 0.421. The van der Waals surface area contributed by atoms with Gasteiger partial charge in [-0.1, -0.05) is 43.7 Å². The standard InChI is InChI=1S/C19H24N4O2/c1-12(2)16-11-25-19(24)23(16)17-9-10-20-18(22-17)21-14(4)15-7-5-13(3)6-8-15/h5-10,12,14,16H,11H2,1-4H3,(H,20,21,22)/t14-,16+/m0/s1. The third kappa shape index (κ3) is 3.73. The van der Waals surface area contributed by atoms with Crippen LogP contribution in [-0.4, -0.2) is 28.7 Å². The van der Waals surface area contributed by atoms with E-state index in [2.05, 4.69) is 67.2 Å². The molecule has 6 heteroatoms. The van der Waals surface area contributed by atoms with E-state index in [-0.39, 0.29) is 24.1 Å². The number of nitrogens with one attached hydrogen (secondary N) is 1. The Balaban J connectivity index is 1.79. The molecular weight excluding hydrogens is 316 g/mol. The largest absolute Gasteiger partial charge is 0.447 e. The van der Waals surface area contributed by atoms with Crippen LogP contribution in [0.5, 0.6) is 0 Å². The molecule has 2 atom stereocenters. The summed E-state index contributed by atoms with van der Waals surface area (Å²) in [5, 5.41) is 3.30. The minimum atomic E-state index is -0.352. The average Bonchev–Trinajstić information content (AvgIpc) is 2.97. The molecule has 0 aliphatic carbocycles. The molecule has 1 aliphatic heterocycles. The third-order valence-electron chi connectivity index (χ3n) is 4.49. The van der Waals surface area contributed by atoms with Crippen LogP contribution in [0.25, 0.3) is 0 Å². The molecule has 132 valence electrons. The Bertz CT molecular complexity index is 745. The lowest BCUT2D eigenvalue weighted by atomic mass is 10.0. The fourth-order valence-corrected chi connectivity index (χ4v) is 2.88. The van der Waals surface area contributed by atoms with Gasteiger partial charge in [0.25, 0.3) is 0 Å². The van der Waals surface area contributed by atoms with Crippen LogP contribution >= 0.6 is 0 Å². The monoisotopic (exact) mass is 340 g/mol. The van der Waals surface area contributed by atoms with Crippen LogP contribution in [0.4, 0.5) is 16.6 Å². The van der Waals surface area contributed by atoms with E-state index in [1.165, 1.54) is 5.56 Å². The molecule has 3 rings (SSSR count). The summed E-state index contributed by atoms with van der Waals surface area (Å²) in [6, 6.07) is 10.1. The van der Waals surface area contributed by atoms with Gasteiger partial charge in [-0.25, -0.2) is 9.78 Å². The van der Waals surface area contributed by atoms with Gasteiger partial charge in [-0.15, -0.1) is 0 Å². The van der Waals surface area contributed by atoms with Crippen LogP contribution in [0.15, 0.2) is 36.5 Å². The highest BCUT2D eigenvalue weighted by atomic mass is 16.6. The summed E-state index contributed by atoms with van der Waals surface area (Å²) >= 11 is 0. The lowest BCUT2D eigenvalue weighted by Crippen LogP contribution is -2.37. The smallest absolute Gasteiger partial charge is 0.415 e. The summed E-state index contributed by atoms with van der Waals surface area (Å²) in [5.41, 5.74) is 2.38. The molecular formula is C19H24N4O2. The van der Waals surface area contributed by atoms with Crippen molar-refractivity contribution in [1.82, 2.24) is 9.97 Å². The van der Waals surface area contributed by atoms with E-state index in [1.54, 1.807) is 17.2 Å². The molecule has 0 saturated carbocycles. The molecule has 1 saturated heterocycles. The van der Waals surface area contributed by atoms with Crippen molar-refractivity contribution in [2.75, 3.05) is 16.8 Å². The minimum Gasteiger partial charge on any atom is -0.447 e. The SMILES string of the molecule is Cc1ccc([C@H](C)Nc2nccc(N3C(=O)OC[C@@H]3C(C)C)n2)cc1. The number of anilines is 2. The number of carbonyl (C=O) groups excluding carboxylic acids is 1. The van der Waals surface area contributed by atoms with Crippen molar-refractivity contribution in [2.24, 2.45) is 5.92 Å². The van der Waals surface area contributed by atoms with Crippen LogP contribution in [0.2, 0.25) is 0 Å². The van der Waals surface area contributed by atoms with Gasteiger partial charge in [-0.05, 0) is 31.4 Å². The van der Waals surface area contributed by atoms with Gasteiger partial charge in [0.05, 0.1) is 12.1 Å². The Kier molecular flexibility index (Phi) is 4.88. The number of benzene rings is 1. The number of hydrogen-bond acceptors (Lipinski definition) is 5. The van der Waals surface area contributed by atoms with E-state index in [9.17, 15) is 4.79 Å². The molecule has 1 amide bonds. The van der Waals surface area contributed by atoms with Crippen molar-refractivity contribution in [1.29, 1.82) is 0 Å². The minimum absolute atomic E-state index is 0.00947. The molecule has 1 fully saturated rings. The fourth-order valence-electron chi connectivity index (χ4n) is 2.88. The van der Waals surface area contributed by atoms with E-state index in [0.29, 0.717) is 18.4 Å². The second-order valence-electron chi connectivity index (χ2n) is 6.77. The van der Waals surface area contributed by atoms with Crippen molar-refractivity contribution in [3.8, 4) is 0 Å². The highest BCUT2D eigenvalue weighted by molar-refractivity contribution is 5.89. The van der Waals surface area contributed by atoms with Crippen LogP contribution < -0.4 is 10.2 Å². The summed E-state index contributed by atoms with van der Waals surface area (Å²) in [7, 11) is 0. The Labute approximate surface area is 148 Å². The Morgan fingerprint density at radius 2 is 1.92 bits per heavy atom. The number of rotatable bonds is 5. The quantitative estimate of drug-likeness (QED) is 0.893. The number of hydrogen-bond donors (Lipinski definition) is 1. The lowest BCUT2D eigenvalue weighted by molar-refractivity contribution is 0.177. The van der Waals surface area contributed by atoms with Gasteiger partial charge in [0.15, 0.2) is 0 Å². The highest BCUT2D eigenvalue weighted by Crippen LogP contribution is 2.26. The van der Waals surface area contributed by atoms with Crippen molar-refractivity contribution in [3.05, 3.63) is 47.7 Å². The van der Waals surface area contributed by atoms with E-state index >= 15 is 0 Å². The lowest BCUT2D eigenvalue weighted by Gasteiger charge is -2.23. The van der Waals surface area contributed by atoms with E-state index in [4.69, 9.17) is 4.74 Å². The maximum atomic E-state index is 12.1. The van der Waals surface area contributed by atoms with Gasteiger partial charge in [-0.2, -0.15) is 4.98 Å². The zero-order chi connectivity index (χ0) is 18.0. The first kappa shape index (κ1) is 17.2. The molecule has 25 heavy (non-hydrogen) atoms. The Morgan fingerprint density at radius 1 is 1.20 bits per heavy atom. The molecule has 1 aliphatic rings. The van der Waals surface area contributed by atoms with Gasteiger partial charge in [0, 0.05) is 6.20 Å². The molecule has 6 nitrogen and oxygen atoms in total. The number of aromatic nitrogens is 2. The maximum Gasteiger partial charge on any atom is 0.415 e. The van der Waals surface area contributed by atoms with Crippen LogP contribution in [0.3, 0.4) is 0 Å². The van der Waals surface area contributed by atoms with E-state index in [1.807, 2.05) is 0 Å². The number of nitrogens with zero attached hydrogens (tertiary/aromatic N) is 3. The van der Waals surface area contributed by atoms with Crippen LogP contribution in [0, 0.1) is 12.8 Å². The number of carbonyl (C=O) groups is 1. The van der Waals surface area contributed by atoms with Crippen LogP contribution in [0.1, 0.15) is 37.9 Å². The van der Waals surface area contributed by atoms with Gasteiger partial charge >= 0.3 is 6.09 Å². The molecule has 1 aromatic carbocycles. The molecule has 1 N–H and O–H groups in total.